The average molecular weight is 745 g/mol. The van der Waals surface area contributed by atoms with E-state index in [2.05, 4.69) is 91.0 Å². The van der Waals surface area contributed by atoms with Gasteiger partial charge in [0.1, 0.15) is 39.1 Å². The van der Waals surface area contributed by atoms with E-state index >= 15 is 0 Å². The van der Waals surface area contributed by atoms with Crippen molar-refractivity contribution in [3.63, 3.8) is 0 Å². The fourth-order valence-corrected chi connectivity index (χ4v) is 8.97. The van der Waals surface area contributed by atoms with Crippen LogP contribution in [0.2, 0.25) is 0 Å². The summed E-state index contributed by atoms with van der Waals surface area (Å²) in [4.78, 5) is 10.8. The second kappa shape index (κ2) is 11.8. The van der Waals surface area contributed by atoms with Crippen molar-refractivity contribution in [1.29, 1.82) is 0 Å². The van der Waals surface area contributed by atoms with Gasteiger partial charge in [-0.2, -0.15) is 4.98 Å². The van der Waals surface area contributed by atoms with Gasteiger partial charge < -0.3 is 17.7 Å². The number of fused-ring (bicyclic) bond motifs is 12. The Balaban J connectivity index is 1.09. The largest absolute Gasteiger partial charge is 0.456 e. The van der Waals surface area contributed by atoms with Gasteiger partial charge in [-0.15, -0.1) is 0 Å². The lowest BCUT2D eigenvalue weighted by Gasteiger charge is -2.09. The van der Waals surface area contributed by atoms with Gasteiger partial charge >= 0.3 is 0 Å². The van der Waals surface area contributed by atoms with Crippen LogP contribution >= 0.6 is 0 Å². The summed E-state index contributed by atoms with van der Waals surface area (Å²) in [7, 11) is 0. The van der Waals surface area contributed by atoms with Crippen molar-refractivity contribution in [2.24, 2.45) is 0 Å². The Morgan fingerprint density at radius 1 is 0.293 bits per heavy atom. The molecule has 0 spiro atoms. The molecule has 0 bridgehead atoms. The first-order chi connectivity index (χ1) is 28.7. The SMILES string of the molecule is c1ccc(-c2ccc3oc4nc(-c5cccc6oc7ccc(-c8cccc9oc%10ccccc%10c89)cc7c56)nc(-c5cccc6oc7ccccc7c56)c4c3c2)cc1. The van der Waals surface area contributed by atoms with E-state index in [1.807, 2.05) is 78.9 Å². The van der Waals surface area contributed by atoms with E-state index in [-0.39, 0.29) is 0 Å². The Hall–Kier alpha value is -7.96. The number of nitrogens with zero attached hydrogens (tertiary/aromatic N) is 2. The van der Waals surface area contributed by atoms with Crippen LogP contribution in [0.5, 0.6) is 0 Å². The third-order valence-electron chi connectivity index (χ3n) is 11.5. The van der Waals surface area contributed by atoms with Crippen molar-refractivity contribution in [2.75, 3.05) is 0 Å². The lowest BCUT2D eigenvalue weighted by atomic mass is 9.96. The number of aromatic nitrogens is 2. The van der Waals surface area contributed by atoms with E-state index in [4.69, 9.17) is 27.6 Å². The molecule has 0 saturated heterocycles. The van der Waals surface area contributed by atoms with Crippen molar-refractivity contribution >= 4 is 87.9 Å². The molecule has 0 N–H and O–H groups in total. The fourth-order valence-electron chi connectivity index (χ4n) is 8.97. The number of benzene rings is 8. The number of rotatable bonds is 4. The van der Waals surface area contributed by atoms with Gasteiger partial charge in [0, 0.05) is 48.8 Å². The van der Waals surface area contributed by atoms with Crippen LogP contribution in [0.4, 0.5) is 0 Å². The van der Waals surface area contributed by atoms with Gasteiger partial charge in [0.15, 0.2) is 5.82 Å². The molecule has 0 aliphatic carbocycles. The molecule has 270 valence electrons. The van der Waals surface area contributed by atoms with Gasteiger partial charge in [-0.3, -0.25) is 0 Å². The Morgan fingerprint density at radius 2 is 0.793 bits per heavy atom. The molecule has 8 aromatic carbocycles. The zero-order valence-corrected chi connectivity index (χ0v) is 30.7. The second-order valence-electron chi connectivity index (χ2n) is 14.8. The van der Waals surface area contributed by atoms with Gasteiger partial charge in [0.25, 0.3) is 0 Å². The normalized spacial score (nSPS) is 12.1. The summed E-state index contributed by atoms with van der Waals surface area (Å²) < 4.78 is 25.9. The standard InChI is InChI=1S/C52H28N2O4/c1-2-11-29(12-3-1)30-23-25-42-38(27-30)49-50(35-16-9-21-44-47(35)34-14-5-7-19-40(34)56-44)53-51(54-52(49)58-42)36-17-10-22-45-48(36)37-28-31(24-26-41(37)57-45)32-15-8-20-43-46(32)33-13-4-6-18-39(33)55-43/h1-28H. The number of furan rings is 4. The van der Waals surface area contributed by atoms with E-state index in [1.165, 1.54) is 0 Å². The molecule has 0 amide bonds. The number of para-hydroxylation sites is 2. The summed E-state index contributed by atoms with van der Waals surface area (Å²) in [6.07, 6.45) is 0. The first-order valence-corrected chi connectivity index (χ1v) is 19.3. The van der Waals surface area contributed by atoms with Crippen molar-refractivity contribution in [3.8, 4) is 44.9 Å². The highest BCUT2D eigenvalue weighted by Gasteiger charge is 2.24. The summed E-state index contributed by atoms with van der Waals surface area (Å²) in [5.74, 6) is 0.538. The Morgan fingerprint density at radius 3 is 1.50 bits per heavy atom. The van der Waals surface area contributed by atoms with Crippen LogP contribution in [-0.4, -0.2) is 9.97 Å². The summed E-state index contributed by atoms with van der Waals surface area (Å²) in [5.41, 5.74) is 13.0. The summed E-state index contributed by atoms with van der Waals surface area (Å²) in [6, 6.07) is 57.9. The maximum atomic E-state index is 6.67. The predicted molar refractivity (Wildman–Crippen MR) is 233 cm³/mol. The molecule has 0 radical (unpaired) electrons. The van der Waals surface area contributed by atoms with Gasteiger partial charge in [-0.25, -0.2) is 4.98 Å². The van der Waals surface area contributed by atoms with Crippen LogP contribution in [0.25, 0.3) is 133 Å². The molecule has 13 rings (SSSR count). The fraction of sp³-hybridized carbons (Fsp3) is 0. The zero-order valence-electron chi connectivity index (χ0n) is 30.7. The second-order valence-corrected chi connectivity index (χ2v) is 14.8. The van der Waals surface area contributed by atoms with E-state index in [0.29, 0.717) is 11.5 Å². The molecule has 58 heavy (non-hydrogen) atoms. The maximum Gasteiger partial charge on any atom is 0.231 e. The molecule has 13 aromatic rings. The van der Waals surface area contributed by atoms with Crippen molar-refractivity contribution in [1.82, 2.24) is 9.97 Å². The van der Waals surface area contributed by atoms with Gasteiger partial charge in [-0.05, 0) is 76.9 Å². The molecular formula is C52H28N2O4. The highest BCUT2D eigenvalue weighted by molar-refractivity contribution is 6.20. The van der Waals surface area contributed by atoms with Crippen LogP contribution in [-0.2, 0) is 0 Å². The Labute approximate surface area is 329 Å². The molecule has 0 atom stereocenters. The van der Waals surface area contributed by atoms with Crippen LogP contribution in [0.1, 0.15) is 0 Å². The Kier molecular flexibility index (Phi) is 6.35. The summed E-state index contributed by atoms with van der Waals surface area (Å²) >= 11 is 0. The summed E-state index contributed by atoms with van der Waals surface area (Å²) in [6.45, 7) is 0. The minimum Gasteiger partial charge on any atom is -0.456 e. The maximum absolute atomic E-state index is 6.67. The van der Waals surface area contributed by atoms with Crippen LogP contribution < -0.4 is 0 Å². The quantitative estimate of drug-likeness (QED) is 0.179. The molecule has 5 aromatic heterocycles. The predicted octanol–water partition coefficient (Wildman–Crippen LogP) is 14.7. The van der Waals surface area contributed by atoms with Gasteiger partial charge in [0.2, 0.25) is 5.71 Å². The molecule has 0 saturated carbocycles. The lowest BCUT2D eigenvalue weighted by molar-refractivity contribution is 0.653. The number of hydrogen-bond donors (Lipinski definition) is 0. The van der Waals surface area contributed by atoms with E-state index in [1.54, 1.807) is 0 Å². The van der Waals surface area contributed by atoms with Crippen LogP contribution in [0.3, 0.4) is 0 Å². The molecule has 0 fully saturated rings. The monoisotopic (exact) mass is 744 g/mol. The molecule has 5 heterocycles. The molecule has 0 aliphatic rings. The van der Waals surface area contributed by atoms with Crippen molar-refractivity contribution in [3.05, 3.63) is 170 Å². The zero-order chi connectivity index (χ0) is 37.9. The van der Waals surface area contributed by atoms with E-state index in [0.717, 1.165) is 121 Å². The average Bonchev–Trinajstić information content (AvgIpc) is 4.05. The third kappa shape index (κ3) is 4.48. The highest BCUT2D eigenvalue weighted by Crippen LogP contribution is 2.45. The van der Waals surface area contributed by atoms with E-state index < -0.39 is 0 Å². The molecule has 0 unspecified atom stereocenters. The summed E-state index contributed by atoms with van der Waals surface area (Å²) in [5, 5.41) is 7.89. The topological polar surface area (TPSA) is 78.3 Å². The van der Waals surface area contributed by atoms with Crippen molar-refractivity contribution in [2.45, 2.75) is 0 Å². The van der Waals surface area contributed by atoms with Gasteiger partial charge in [0.05, 0.1) is 11.1 Å². The van der Waals surface area contributed by atoms with Gasteiger partial charge in [-0.1, -0.05) is 115 Å². The minimum absolute atomic E-state index is 0.508. The van der Waals surface area contributed by atoms with Crippen LogP contribution in [0.15, 0.2) is 188 Å². The third-order valence-corrected chi connectivity index (χ3v) is 11.5. The smallest absolute Gasteiger partial charge is 0.231 e. The van der Waals surface area contributed by atoms with Crippen molar-refractivity contribution < 1.29 is 17.7 Å². The first kappa shape index (κ1) is 31.3. The minimum atomic E-state index is 0.508. The molecule has 0 aliphatic heterocycles. The molecule has 6 nitrogen and oxygen atoms in total. The molecular weight excluding hydrogens is 717 g/mol. The van der Waals surface area contributed by atoms with Crippen LogP contribution in [0, 0.1) is 0 Å². The lowest BCUT2D eigenvalue weighted by Crippen LogP contribution is -1.95. The highest BCUT2D eigenvalue weighted by atomic mass is 16.3. The Bertz CT molecular complexity index is 3810. The molecule has 6 heteroatoms. The number of hydrogen-bond acceptors (Lipinski definition) is 6. The first-order valence-electron chi connectivity index (χ1n) is 19.3. The van der Waals surface area contributed by atoms with E-state index in [9.17, 15) is 0 Å².